The SMILES string of the molecule is CCOC(=O)c1nn(-c2ccc(Cl)cc2Cl)c2c1CCCc1cc(Cl)ccc1-2. The van der Waals surface area contributed by atoms with Crippen molar-refractivity contribution in [2.45, 2.75) is 26.2 Å². The molecule has 144 valence electrons. The number of fused-ring (bicyclic) bond motifs is 3. The molecule has 7 heteroatoms. The standard InChI is InChI=1S/C21H17Cl3N2O2/c1-2-28-21(27)19-16-5-3-4-12-10-13(22)6-8-15(12)20(16)26(25-19)18-9-7-14(23)11-17(18)24/h6-11H,2-5H2,1H3. The minimum absolute atomic E-state index is 0.286. The monoisotopic (exact) mass is 434 g/mol. The molecule has 4 rings (SSSR count). The largest absolute Gasteiger partial charge is 0.461 e. The number of hydrogen-bond acceptors (Lipinski definition) is 3. The zero-order chi connectivity index (χ0) is 19.8. The van der Waals surface area contributed by atoms with Crippen LogP contribution in [0, 0.1) is 0 Å². The van der Waals surface area contributed by atoms with Crippen molar-refractivity contribution in [2.24, 2.45) is 0 Å². The Bertz CT molecular complexity index is 1080. The zero-order valence-electron chi connectivity index (χ0n) is 15.1. The van der Waals surface area contributed by atoms with Gasteiger partial charge in [0.15, 0.2) is 5.69 Å². The van der Waals surface area contributed by atoms with Crippen LogP contribution < -0.4 is 0 Å². The number of rotatable bonds is 3. The molecule has 2 aromatic carbocycles. The Kier molecular flexibility index (Phi) is 5.37. The number of nitrogens with zero attached hydrogens (tertiary/aromatic N) is 2. The van der Waals surface area contributed by atoms with Gasteiger partial charge < -0.3 is 4.74 Å². The van der Waals surface area contributed by atoms with E-state index in [0.717, 1.165) is 35.2 Å². The van der Waals surface area contributed by atoms with Gasteiger partial charge in [-0.1, -0.05) is 40.9 Å². The minimum atomic E-state index is -0.431. The highest BCUT2D eigenvalue weighted by Gasteiger charge is 2.29. The first-order chi connectivity index (χ1) is 13.5. The highest BCUT2D eigenvalue weighted by atomic mass is 35.5. The van der Waals surface area contributed by atoms with Crippen LogP contribution in [0.3, 0.4) is 0 Å². The summed E-state index contributed by atoms with van der Waals surface area (Å²) >= 11 is 18.8. The van der Waals surface area contributed by atoms with Crippen molar-refractivity contribution in [2.75, 3.05) is 6.61 Å². The van der Waals surface area contributed by atoms with Crippen LogP contribution in [-0.4, -0.2) is 22.4 Å². The fraction of sp³-hybridized carbons (Fsp3) is 0.238. The third kappa shape index (κ3) is 3.41. The lowest BCUT2D eigenvalue weighted by atomic mass is 10.0. The van der Waals surface area contributed by atoms with E-state index >= 15 is 0 Å². The average Bonchev–Trinajstić information content (AvgIpc) is 2.91. The maximum Gasteiger partial charge on any atom is 0.359 e. The molecule has 0 saturated carbocycles. The fourth-order valence-electron chi connectivity index (χ4n) is 3.61. The summed E-state index contributed by atoms with van der Waals surface area (Å²) in [5, 5.41) is 6.28. The molecule has 1 aromatic heterocycles. The number of hydrogen-bond donors (Lipinski definition) is 0. The number of halogens is 3. The second-order valence-electron chi connectivity index (χ2n) is 6.56. The molecule has 0 atom stereocenters. The van der Waals surface area contributed by atoms with Crippen molar-refractivity contribution < 1.29 is 9.53 Å². The number of benzene rings is 2. The Balaban J connectivity index is 2.02. The minimum Gasteiger partial charge on any atom is -0.461 e. The first kappa shape index (κ1) is 19.3. The summed E-state index contributed by atoms with van der Waals surface area (Å²) < 4.78 is 6.97. The molecule has 0 amide bonds. The van der Waals surface area contributed by atoms with Gasteiger partial charge in [-0.3, -0.25) is 0 Å². The molecule has 1 aliphatic carbocycles. The number of esters is 1. The third-order valence-electron chi connectivity index (χ3n) is 4.79. The third-order valence-corrected chi connectivity index (χ3v) is 5.56. The van der Waals surface area contributed by atoms with Crippen molar-refractivity contribution in [3.8, 4) is 16.9 Å². The van der Waals surface area contributed by atoms with E-state index in [0.29, 0.717) is 32.9 Å². The first-order valence-corrected chi connectivity index (χ1v) is 10.2. The zero-order valence-corrected chi connectivity index (χ0v) is 17.4. The Morgan fingerprint density at radius 2 is 1.86 bits per heavy atom. The number of carbonyl (C=O) groups is 1. The van der Waals surface area contributed by atoms with E-state index in [1.807, 2.05) is 18.2 Å². The molecule has 28 heavy (non-hydrogen) atoms. The van der Waals surface area contributed by atoms with Gasteiger partial charge in [0.1, 0.15) is 0 Å². The molecule has 0 fully saturated rings. The number of aromatic nitrogens is 2. The first-order valence-electron chi connectivity index (χ1n) is 9.02. The van der Waals surface area contributed by atoms with E-state index in [1.165, 1.54) is 0 Å². The van der Waals surface area contributed by atoms with E-state index < -0.39 is 5.97 Å². The van der Waals surface area contributed by atoms with Crippen molar-refractivity contribution in [1.29, 1.82) is 0 Å². The lowest BCUT2D eigenvalue weighted by Crippen LogP contribution is -2.09. The van der Waals surface area contributed by atoms with Crippen LogP contribution in [0.2, 0.25) is 15.1 Å². The molecule has 0 unspecified atom stereocenters. The van der Waals surface area contributed by atoms with Gasteiger partial charge in [0.25, 0.3) is 0 Å². The van der Waals surface area contributed by atoms with E-state index in [4.69, 9.17) is 39.5 Å². The summed E-state index contributed by atoms with van der Waals surface area (Å²) in [6.45, 7) is 2.06. The van der Waals surface area contributed by atoms with Gasteiger partial charge in [-0.05, 0) is 62.1 Å². The average molecular weight is 436 g/mol. The molecule has 0 N–H and O–H groups in total. The maximum atomic E-state index is 12.6. The number of carbonyl (C=O) groups excluding carboxylic acids is 1. The summed E-state index contributed by atoms with van der Waals surface area (Å²) in [6.07, 6.45) is 2.45. The van der Waals surface area contributed by atoms with Crippen LogP contribution in [0.4, 0.5) is 0 Å². The van der Waals surface area contributed by atoms with Crippen molar-refractivity contribution in [3.05, 3.63) is 68.3 Å². The summed E-state index contributed by atoms with van der Waals surface area (Å²) in [6, 6.07) is 11.0. The quantitative estimate of drug-likeness (QED) is 0.462. The van der Waals surface area contributed by atoms with Gasteiger partial charge >= 0.3 is 5.97 Å². The van der Waals surface area contributed by atoms with Crippen molar-refractivity contribution >= 4 is 40.8 Å². The van der Waals surface area contributed by atoms with Crippen molar-refractivity contribution in [3.63, 3.8) is 0 Å². The lowest BCUT2D eigenvalue weighted by Gasteiger charge is -2.13. The second kappa shape index (κ2) is 7.78. The molecular weight excluding hydrogens is 419 g/mol. The smallest absolute Gasteiger partial charge is 0.359 e. The van der Waals surface area contributed by atoms with Crippen LogP contribution in [0.1, 0.15) is 35.0 Å². The molecule has 0 spiro atoms. The molecule has 0 radical (unpaired) electrons. The van der Waals surface area contributed by atoms with Gasteiger partial charge in [-0.2, -0.15) is 5.10 Å². The number of aryl methyl sites for hydroxylation is 1. The van der Waals surface area contributed by atoms with Crippen LogP contribution in [-0.2, 0) is 17.6 Å². The fourth-order valence-corrected chi connectivity index (χ4v) is 4.29. The van der Waals surface area contributed by atoms with Gasteiger partial charge in [-0.25, -0.2) is 9.48 Å². The summed E-state index contributed by atoms with van der Waals surface area (Å²) in [5.74, 6) is -0.431. The predicted molar refractivity (Wildman–Crippen MR) is 112 cm³/mol. The highest BCUT2D eigenvalue weighted by molar-refractivity contribution is 6.35. The van der Waals surface area contributed by atoms with Gasteiger partial charge in [0, 0.05) is 21.2 Å². The van der Waals surface area contributed by atoms with Crippen LogP contribution >= 0.6 is 34.8 Å². The molecule has 0 saturated heterocycles. The molecule has 1 heterocycles. The second-order valence-corrected chi connectivity index (χ2v) is 7.84. The van der Waals surface area contributed by atoms with Crippen LogP contribution in [0.25, 0.3) is 16.9 Å². The van der Waals surface area contributed by atoms with E-state index in [9.17, 15) is 4.79 Å². The topological polar surface area (TPSA) is 44.1 Å². The van der Waals surface area contributed by atoms with E-state index in [1.54, 1.807) is 29.8 Å². The number of ether oxygens (including phenoxy) is 1. The maximum absolute atomic E-state index is 12.6. The Morgan fingerprint density at radius 1 is 1.11 bits per heavy atom. The normalized spacial score (nSPS) is 12.9. The Morgan fingerprint density at radius 3 is 2.61 bits per heavy atom. The van der Waals surface area contributed by atoms with Gasteiger partial charge in [0.2, 0.25) is 0 Å². The van der Waals surface area contributed by atoms with Crippen molar-refractivity contribution in [1.82, 2.24) is 9.78 Å². The van der Waals surface area contributed by atoms with E-state index in [2.05, 4.69) is 5.10 Å². The van der Waals surface area contributed by atoms with Gasteiger partial charge in [0.05, 0.1) is 23.0 Å². The van der Waals surface area contributed by atoms with E-state index in [-0.39, 0.29) is 6.61 Å². The van der Waals surface area contributed by atoms with Gasteiger partial charge in [-0.15, -0.1) is 0 Å². The molecule has 0 bridgehead atoms. The highest BCUT2D eigenvalue weighted by Crippen LogP contribution is 2.38. The predicted octanol–water partition coefficient (Wildman–Crippen LogP) is 6.16. The van der Waals surface area contributed by atoms with Crippen LogP contribution in [0.15, 0.2) is 36.4 Å². The molecule has 3 aromatic rings. The molecule has 0 aliphatic heterocycles. The lowest BCUT2D eigenvalue weighted by molar-refractivity contribution is 0.0517. The summed E-state index contributed by atoms with van der Waals surface area (Å²) in [5.41, 5.74) is 4.80. The summed E-state index contributed by atoms with van der Waals surface area (Å²) in [4.78, 5) is 12.6. The van der Waals surface area contributed by atoms with Crippen LogP contribution in [0.5, 0.6) is 0 Å². The Labute approximate surface area is 178 Å². The summed E-state index contributed by atoms with van der Waals surface area (Å²) in [7, 11) is 0. The molecule has 4 nitrogen and oxygen atoms in total. The molecule has 1 aliphatic rings. The molecular formula is C21H17Cl3N2O2. The Hall–Kier alpha value is -2.01.